The first kappa shape index (κ1) is 7.67. The van der Waals surface area contributed by atoms with Gasteiger partial charge in [-0.15, -0.1) is 0 Å². The van der Waals surface area contributed by atoms with Gasteiger partial charge in [-0.25, -0.2) is 8.78 Å². The number of hydrogen-bond acceptors (Lipinski definition) is 2. The molecule has 0 aromatic carbocycles. The Hall–Kier alpha value is -0.970. The lowest BCUT2D eigenvalue weighted by atomic mass is 10.2. The van der Waals surface area contributed by atoms with E-state index in [2.05, 4.69) is 10.2 Å². The molecular formula is C7H9F2N3. The number of nitrogens with zero attached hydrogens (tertiary/aromatic N) is 1. The maximum absolute atomic E-state index is 12.7. The monoisotopic (exact) mass is 173 g/mol. The molecule has 1 heterocycles. The van der Waals surface area contributed by atoms with E-state index in [1.165, 1.54) is 0 Å². The lowest BCUT2D eigenvalue weighted by Crippen LogP contribution is -2.27. The highest BCUT2D eigenvalue weighted by molar-refractivity contribution is 5.30. The molecule has 5 heteroatoms. The van der Waals surface area contributed by atoms with E-state index in [9.17, 15) is 8.78 Å². The summed E-state index contributed by atoms with van der Waals surface area (Å²) in [6, 6.07) is 1.56. The van der Waals surface area contributed by atoms with Gasteiger partial charge in [-0.3, -0.25) is 5.10 Å². The zero-order valence-corrected chi connectivity index (χ0v) is 6.56. The summed E-state index contributed by atoms with van der Waals surface area (Å²) in [5, 5.41) is 6.30. The first-order valence-electron chi connectivity index (χ1n) is 3.65. The molecule has 0 spiro atoms. The molecule has 1 aliphatic carbocycles. The third kappa shape index (κ3) is 0.797. The zero-order chi connectivity index (χ0) is 8.98. The molecule has 1 aromatic rings. The highest BCUT2D eigenvalue weighted by Crippen LogP contribution is 2.56. The van der Waals surface area contributed by atoms with Crippen molar-refractivity contribution in [2.45, 2.75) is 24.8 Å². The van der Waals surface area contributed by atoms with E-state index in [0.29, 0.717) is 0 Å². The predicted molar refractivity (Wildman–Crippen MR) is 38.8 cm³/mol. The number of alkyl halides is 2. The number of halogens is 2. The lowest BCUT2D eigenvalue weighted by Gasteiger charge is -2.04. The SMILES string of the molecule is Cc1cc(C2(N)CC2(F)F)n[nH]1. The summed E-state index contributed by atoms with van der Waals surface area (Å²) in [4.78, 5) is 0. The molecule has 0 amide bonds. The minimum Gasteiger partial charge on any atom is -0.315 e. The van der Waals surface area contributed by atoms with Gasteiger partial charge in [0.1, 0.15) is 5.54 Å². The number of hydrogen-bond donors (Lipinski definition) is 2. The topological polar surface area (TPSA) is 54.7 Å². The van der Waals surface area contributed by atoms with Crippen LogP contribution in [0.1, 0.15) is 17.8 Å². The molecule has 1 atom stereocenters. The Morgan fingerprint density at radius 3 is 2.58 bits per heavy atom. The number of rotatable bonds is 1. The summed E-state index contributed by atoms with van der Waals surface area (Å²) in [6.07, 6.45) is -0.301. The highest BCUT2D eigenvalue weighted by Gasteiger charge is 2.71. The maximum Gasteiger partial charge on any atom is 0.274 e. The van der Waals surface area contributed by atoms with E-state index in [-0.39, 0.29) is 12.1 Å². The summed E-state index contributed by atoms with van der Waals surface area (Å²) < 4.78 is 25.4. The van der Waals surface area contributed by atoms with Crippen molar-refractivity contribution in [3.8, 4) is 0 Å². The van der Waals surface area contributed by atoms with Gasteiger partial charge in [-0.1, -0.05) is 0 Å². The predicted octanol–water partition coefficient (Wildman–Crippen LogP) is 0.911. The maximum atomic E-state index is 12.7. The van der Waals surface area contributed by atoms with E-state index in [4.69, 9.17) is 5.73 Å². The molecule has 1 aromatic heterocycles. The number of H-pyrrole nitrogens is 1. The molecule has 2 rings (SSSR count). The first-order chi connectivity index (χ1) is 5.46. The van der Waals surface area contributed by atoms with Crippen molar-refractivity contribution < 1.29 is 8.78 Å². The van der Waals surface area contributed by atoms with Crippen molar-refractivity contribution in [1.29, 1.82) is 0 Å². The van der Waals surface area contributed by atoms with Crippen LogP contribution >= 0.6 is 0 Å². The fraction of sp³-hybridized carbons (Fsp3) is 0.571. The van der Waals surface area contributed by atoms with Gasteiger partial charge in [-0.05, 0) is 13.0 Å². The quantitative estimate of drug-likeness (QED) is 0.663. The Labute approximate surface area is 68.0 Å². The fourth-order valence-corrected chi connectivity index (χ4v) is 1.23. The normalized spacial score (nSPS) is 32.0. The summed E-state index contributed by atoms with van der Waals surface area (Å²) in [5.41, 5.74) is 4.91. The van der Waals surface area contributed by atoms with Crippen molar-refractivity contribution in [1.82, 2.24) is 10.2 Å². The molecule has 1 fully saturated rings. The van der Waals surface area contributed by atoms with Gasteiger partial charge in [-0.2, -0.15) is 5.10 Å². The van der Waals surface area contributed by atoms with Gasteiger partial charge >= 0.3 is 0 Å². The standard InChI is InChI=1S/C7H9F2N3/c1-4-2-5(12-11-4)6(10)3-7(6,8)9/h2H,3,10H2,1H3,(H,11,12). The summed E-state index contributed by atoms with van der Waals surface area (Å²) in [6.45, 7) is 1.75. The van der Waals surface area contributed by atoms with Gasteiger partial charge in [0.25, 0.3) is 5.92 Å². The minimum absolute atomic E-state index is 0.255. The van der Waals surface area contributed by atoms with Gasteiger partial charge in [0.05, 0.1) is 5.69 Å². The minimum atomic E-state index is -2.78. The molecule has 0 radical (unpaired) electrons. The molecule has 3 N–H and O–H groups in total. The molecule has 3 nitrogen and oxygen atoms in total. The summed E-state index contributed by atoms with van der Waals surface area (Å²) >= 11 is 0. The number of nitrogens with two attached hydrogens (primary N) is 1. The number of aromatic amines is 1. The molecule has 1 saturated carbocycles. The second kappa shape index (κ2) is 1.85. The van der Waals surface area contributed by atoms with Crippen molar-refractivity contribution in [3.05, 3.63) is 17.5 Å². The molecular weight excluding hydrogens is 164 g/mol. The number of aromatic nitrogens is 2. The smallest absolute Gasteiger partial charge is 0.274 e. The third-order valence-electron chi connectivity index (χ3n) is 2.19. The lowest BCUT2D eigenvalue weighted by molar-refractivity contribution is 0.0881. The van der Waals surface area contributed by atoms with Crippen LogP contribution in [-0.4, -0.2) is 16.1 Å². The van der Waals surface area contributed by atoms with Crippen LogP contribution in [-0.2, 0) is 5.54 Å². The number of aryl methyl sites for hydroxylation is 1. The van der Waals surface area contributed by atoms with Gasteiger partial charge in [0, 0.05) is 12.1 Å². The van der Waals surface area contributed by atoms with E-state index in [0.717, 1.165) is 5.69 Å². The van der Waals surface area contributed by atoms with Crippen LogP contribution in [0.25, 0.3) is 0 Å². The third-order valence-corrected chi connectivity index (χ3v) is 2.19. The molecule has 0 bridgehead atoms. The van der Waals surface area contributed by atoms with Gasteiger partial charge in [0.15, 0.2) is 0 Å². The van der Waals surface area contributed by atoms with Gasteiger partial charge < -0.3 is 5.73 Å². The largest absolute Gasteiger partial charge is 0.315 e. The van der Waals surface area contributed by atoms with E-state index >= 15 is 0 Å². The summed E-state index contributed by atoms with van der Waals surface area (Å²) in [7, 11) is 0. The van der Waals surface area contributed by atoms with Crippen LogP contribution < -0.4 is 5.73 Å². The number of nitrogens with one attached hydrogen (secondary N) is 1. The molecule has 66 valence electrons. The molecule has 1 unspecified atom stereocenters. The molecule has 0 saturated heterocycles. The van der Waals surface area contributed by atoms with Crippen LogP contribution in [0.5, 0.6) is 0 Å². The van der Waals surface area contributed by atoms with E-state index in [1.807, 2.05) is 0 Å². The second-order valence-electron chi connectivity index (χ2n) is 3.29. The van der Waals surface area contributed by atoms with Crippen LogP contribution in [0.3, 0.4) is 0 Å². The van der Waals surface area contributed by atoms with Crippen LogP contribution in [0.4, 0.5) is 8.78 Å². The molecule has 1 aliphatic rings. The Morgan fingerprint density at radius 2 is 2.25 bits per heavy atom. The van der Waals surface area contributed by atoms with E-state index in [1.54, 1.807) is 13.0 Å². The van der Waals surface area contributed by atoms with Crippen molar-refractivity contribution in [2.24, 2.45) is 5.73 Å². The van der Waals surface area contributed by atoms with Gasteiger partial charge in [0.2, 0.25) is 0 Å². The van der Waals surface area contributed by atoms with E-state index < -0.39 is 11.5 Å². The average molecular weight is 173 g/mol. The summed E-state index contributed by atoms with van der Waals surface area (Å²) in [5.74, 6) is -2.78. The molecule has 0 aliphatic heterocycles. The average Bonchev–Trinajstić information content (AvgIpc) is 2.37. The van der Waals surface area contributed by atoms with Crippen molar-refractivity contribution >= 4 is 0 Å². The van der Waals surface area contributed by atoms with Crippen molar-refractivity contribution in [2.75, 3.05) is 0 Å². The second-order valence-corrected chi connectivity index (χ2v) is 3.29. The van der Waals surface area contributed by atoms with Crippen LogP contribution in [0.2, 0.25) is 0 Å². The Kier molecular flexibility index (Phi) is 1.18. The highest BCUT2D eigenvalue weighted by atomic mass is 19.3. The molecule has 12 heavy (non-hydrogen) atoms. The fourth-order valence-electron chi connectivity index (χ4n) is 1.23. The Morgan fingerprint density at radius 1 is 1.67 bits per heavy atom. The Bertz CT molecular complexity index is 320. The first-order valence-corrected chi connectivity index (χ1v) is 3.65. The Balaban J connectivity index is 2.34. The van der Waals surface area contributed by atoms with Crippen LogP contribution in [0, 0.1) is 6.92 Å². The zero-order valence-electron chi connectivity index (χ0n) is 6.56. The van der Waals surface area contributed by atoms with Crippen LogP contribution in [0.15, 0.2) is 6.07 Å². The van der Waals surface area contributed by atoms with Crippen molar-refractivity contribution in [3.63, 3.8) is 0 Å².